The molecule has 1 heterocycles. The van der Waals surface area contributed by atoms with Crippen molar-refractivity contribution in [3.8, 4) is 0 Å². The highest BCUT2D eigenvalue weighted by molar-refractivity contribution is 4.85. The third-order valence-electron chi connectivity index (χ3n) is 1.74. The summed E-state index contributed by atoms with van der Waals surface area (Å²) in [6.45, 7) is 2.20. The summed E-state index contributed by atoms with van der Waals surface area (Å²) in [6, 6.07) is -1.24. The summed E-state index contributed by atoms with van der Waals surface area (Å²) in [7, 11) is 0. The summed E-state index contributed by atoms with van der Waals surface area (Å²) in [4.78, 5) is 0. The average molecular weight is 168 g/mol. The topological polar surface area (TPSA) is 24.1 Å². The van der Waals surface area contributed by atoms with E-state index in [0.29, 0.717) is 6.54 Å². The van der Waals surface area contributed by atoms with Crippen LogP contribution in [0, 0.1) is 0 Å². The molecule has 66 valence electrons. The van der Waals surface area contributed by atoms with Crippen LogP contribution in [0.4, 0.5) is 13.2 Å². The van der Waals surface area contributed by atoms with Crippen molar-refractivity contribution in [2.75, 3.05) is 13.1 Å². The lowest BCUT2D eigenvalue weighted by Crippen LogP contribution is -2.58. The number of hydrogen-bond acceptors (Lipinski definition) is 2. The van der Waals surface area contributed by atoms with Gasteiger partial charge < -0.3 is 10.6 Å². The number of piperazine rings is 1. The van der Waals surface area contributed by atoms with Gasteiger partial charge in [-0.1, -0.05) is 0 Å². The Morgan fingerprint density at radius 2 is 1.82 bits per heavy atom. The van der Waals surface area contributed by atoms with Gasteiger partial charge in [-0.15, -0.1) is 0 Å². The van der Waals surface area contributed by atoms with Crippen LogP contribution in [0.15, 0.2) is 0 Å². The van der Waals surface area contributed by atoms with Gasteiger partial charge in [0.25, 0.3) is 0 Å². The number of hydrogen-bond donors (Lipinski definition) is 2. The zero-order valence-electron chi connectivity index (χ0n) is 6.20. The first-order valence-electron chi connectivity index (χ1n) is 3.53. The lowest BCUT2D eigenvalue weighted by Gasteiger charge is -2.30. The van der Waals surface area contributed by atoms with E-state index in [1.165, 1.54) is 0 Å². The van der Waals surface area contributed by atoms with Crippen LogP contribution >= 0.6 is 0 Å². The van der Waals surface area contributed by atoms with Crippen molar-refractivity contribution in [2.24, 2.45) is 0 Å². The summed E-state index contributed by atoms with van der Waals surface area (Å²) >= 11 is 0. The van der Waals surface area contributed by atoms with E-state index in [2.05, 4.69) is 10.6 Å². The van der Waals surface area contributed by atoms with E-state index in [-0.39, 0.29) is 12.6 Å². The van der Waals surface area contributed by atoms with Gasteiger partial charge in [-0.25, -0.2) is 0 Å². The molecule has 1 saturated heterocycles. The van der Waals surface area contributed by atoms with E-state index in [1.807, 2.05) is 6.92 Å². The van der Waals surface area contributed by atoms with Crippen LogP contribution in [0.5, 0.6) is 0 Å². The molecule has 0 saturated carbocycles. The molecule has 0 bridgehead atoms. The maximum absolute atomic E-state index is 12.0. The molecule has 2 nitrogen and oxygen atoms in total. The fourth-order valence-electron chi connectivity index (χ4n) is 1.01. The van der Waals surface area contributed by atoms with E-state index in [0.717, 1.165) is 0 Å². The van der Waals surface area contributed by atoms with Crippen LogP contribution in [-0.2, 0) is 0 Å². The molecule has 1 aliphatic rings. The molecule has 0 aromatic heterocycles. The minimum atomic E-state index is -4.12. The van der Waals surface area contributed by atoms with Crippen molar-refractivity contribution in [3.05, 3.63) is 0 Å². The summed E-state index contributed by atoms with van der Waals surface area (Å²) < 4.78 is 35.9. The molecular formula is C6H11F3N2. The molecule has 1 aliphatic heterocycles. The lowest BCUT2D eigenvalue weighted by molar-refractivity contribution is -0.158. The molecule has 0 aromatic rings. The molecule has 2 unspecified atom stereocenters. The third kappa shape index (κ3) is 2.34. The highest BCUT2D eigenvalue weighted by Gasteiger charge is 2.40. The Hall–Kier alpha value is -0.290. The van der Waals surface area contributed by atoms with Crippen LogP contribution in [0.1, 0.15) is 6.92 Å². The highest BCUT2D eigenvalue weighted by Crippen LogP contribution is 2.20. The van der Waals surface area contributed by atoms with Gasteiger partial charge >= 0.3 is 6.18 Å². The van der Waals surface area contributed by atoms with E-state index in [9.17, 15) is 13.2 Å². The monoisotopic (exact) mass is 168 g/mol. The van der Waals surface area contributed by atoms with Gasteiger partial charge in [0.15, 0.2) is 0 Å². The first-order valence-corrected chi connectivity index (χ1v) is 3.53. The number of halogens is 3. The van der Waals surface area contributed by atoms with Crippen molar-refractivity contribution < 1.29 is 13.2 Å². The Bertz CT molecular complexity index is 126. The summed E-state index contributed by atoms with van der Waals surface area (Å²) in [6.07, 6.45) is -4.12. The van der Waals surface area contributed by atoms with Crippen LogP contribution in [-0.4, -0.2) is 31.3 Å². The Morgan fingerprint density at radius 3 is 2.18 bits per heavy atom. The van der Waals surface area contributed by atoms with Gasteiger partial charge in [0, 0.05) is 19.1 Å². The minimum Gasteiger partial charge on any atom is -0.311 e. The predicted octanol–water partition coefficient (Wildman–Crippen LogP) is 0.499. The molecule has 0 spiro atoms. The SMILES string of the molecule is CC1CNC(C(F)(F)F)CN1. The van der Waals surface area contributed by atoms with E-state index in [1.54, 1.807) is 0 Å². The van der Waals surface area contributed by atoms with E-state index in [4.69, 9.17) is 0 Å². The molecule has 0 aliphatic carbocycles. The van der Waals surface area contributed by atoms with Crippen molar-refractivity contribution in [1.82, 2.24) is 10.6 Å². The first-order chi connectivity index (χ1) is 5.00. The van der Waals surface area contributed by atoms with Gasteiger partial charge in [0.05, 0.1) is 0 Å². The molecule has 0 radical (unpaired) electrons. The van der Waals surface area contributed by atoms with Crippen molar-refractivity contribution in [2.45, 2.75) is 25.2 Å². The van der Waals surface area contributed by atoms with Crippen molar-refractivity contribution in [1.29, 1.82) is 0 Å². The van der Waals surface area contributed by atoms with E-state index >= 15 is 0 Å². The number of rotatable bonds is 0. The Labute approximate surface area is 63.2 Å². The molecule has 0 amide bonds. The normalized spacial score (nSPS) is 33.8. The zero-order chi connectivity index (χ0) is 8.48. The van der Waals surface area contributed by atoms with Crippen molar-refractivity contribution >= 4 is 0 Å². The fourth-order valence-corrected chi connectivity index (χ4v) is 1.01. The largest absolute Gasteiger partial charge is 0.405 e. The van der Waals surface area contributed by atoms with Gasteiger partial charge in [0.2, 0.25) is 0 Å². The van der Waals surface area contributed by atoms with Gasteiger partial charge in [-0.05, 0) is 6.92 Å². The minimum absolute atomic E-state index is 0.0231. The van der Waals surface area contributed by atoms with Crippen molar-refractivity contribution in [3.63, 3.8) is 0 Å². The first kappa shape index (κ1) is 8.80. The highest BCUT2D eigenvalue weighted by atomic mass is 19.4. The molecular weight excluding hydrogens is 157 g/mol. The number of alkyl halides is 3. The molecule has 1 rings (SSSR count). The van der Waals surface area contributed by atoms with Gasteiger partial charge in [-0.2, -0.15) is 13.2 Å². The Morgan fingerprint density at radius 1 is 1.18 bits per heavy atom. The molecule has 0 aromatic carbocycles. The lowest BCUT2D eigenvalue weighted by atomic mass is 10.2. The quantitative estimate of drug-likeness (QED) is 0.550. The fraction of sp³-hybridized carbons (Fsp3) is 1.00. The number of nitrogens with one attached hydrogen (secondary N) is 2. The zero-order valence-corrected chi connectivity index (χ0v) is 6.20. The Balaban J connectivity index is 2.39. The Kier molecular flexibility index (Phi) is 2.39. The van der Waals surface area contributed by atoms with Gasteiger partial charge in [-0.3, -0.25) is 0 Å². The van der Waals surface area contributed by atoms with Crippen LogP contribution in [0.2, 0.25) is 0 Å². The van der Waals surface area contributed by atoms with Crippen LogP contribution in [0.25, 0.3) is 0 Å². The third-order valence-corrected chi connectivity index (χ3v) is 1.74. The second-order valence-electron chi connectivity index (χ2n) is 2.81. The molecule has 11 heavy (non-hydrogen) atoms. The average Bonchev–Trinajstić information content (AvgIpc) is 1.86. The smallest absolute Gasteiger partial charge is 0.311 e. The summed E-state index contributed by atoms with van der Waals surface area (Å²) in [5.41, 5.74) is 0. The van der Waals surface area contributed by atoms with E-state index < -0.39 is 12.2 Å². The maximum atomic E-state index is 12.0. The molecule has 2 N–H and O–H groups in total. The van der Waals surface area contributed by atoms with Crippen LogP contribution in [0.3, 0.4) is 0 Å². The molecule has 5 heteroatoms. The molecule has 1 fully saturated rings. The molecule has 2 atom stereocenters. The maximum Gasteiger partial charge on any atom is 0.405 e. The second kappa shape index (κ2) is 2.98. The van der Waals surface area contributed by atoms with Gasteiger partial charge in [0.1, 0.15) is 6.04 Å². The summed E-state index contributed by atoms with van der Waals surface area (Å²) in [5, 5.41) is 5.18. The standard InChI is InChI=1S/C6H11F3N2/c1-4-2-11-5(3-10-4)6(7,8)9/h4-5,10-11H,2-3H2,1H3. The summed E-state index contributed by atoms with van der Waals surface area (Å²) in [5.74, 6) is 0. The predicted molar refractivity (Wildman–Crippen MR) is 35.3 cm³/mol. The second-order valence-corrected chi connectivity index (χ2v) is 2.81. The van der Waals surface area contributed by atoms with Crippen LogP contribution < -0.4 is 10.6 Å².